The summed E-state index contributed by atoms with van der Waals surface area (Å²) in [5.74, 6) is -1.38. The van der Waals surface area contributed by atoms with Crippen molar-refractivity contribution in [2.75, 3.05) is 0 Å². The number of rotatable bonds is 3. The number of aryl methyl sites for hydroxylation is 1. The van der Waals surface area contributed by atoms with E-state index in [1.807, 2.05) is 31.2 Å². The van der Waals surface area contributed by atoms with Gasteiger partial charge in [0, 0.05) is 12.5 Å². The van der Waals surface area contributed by atoms with E-state index in [2.05, 4.69) is 9.97 Å². The molecule has 106 valence electrons. The predicted molar refractivity (Wildman–Crippen MR) is 77.0 cm³/mol. The molecule has 0 saturated carbocycles. The van der Waals surface area contributed by atoms with Crippen LogP contribution in [-0.2, 0) is 6.42 Å². The van der Waals surface area contributed by atoms with Crippen LogP contribution in [0.1, 0.15) is 27.3 Å². The molecule has 0 atom stereocenters. The van der Waals surface area contributed by atoms with Crippen molar-refractivity contribution in [1.82, 2.24) is 9.97 Å². The molecule has 3 aromatic rings. The third-order valence-corrected chi connectivity index (χ3v) is 3.34. The van der Waals surface area contributed by atoms with Crippen molar-refractivity contribution in [1.29, 1.82) is 0 Å². The Bertz CT molecular complexity index is 822. The molecule has 0 fully saturated rings. The van der Waals surface area contributed by atoms with Gasteiger partial charge in [-0.15, -0.1) is 0 Å². The molecule has 0 aliphatic rings. The fraction of sp³-hybridized carbons (Fsp3) is 0.125. The minimum Gasteiger partial charge on any atom is -0.478 e. The van der Waals surface area contributed by atoms with Crippen molar-refractivity contribution < 1.29 is 14.3 Å². The van der Waals surface area contributed by atoms with E-state index in [1.54, 1.807) is 0 Å². The van der Waals surface area contributed by atoms with Crippen LogP contribution in [0.3, 0.4) is 0 Å². The van der Waals surface area contributed by atoms with Crippen LogP contribution in [0, 0.1) is 12.7 Å². The van der Waals surface area contributed by atoms with E-state index >= 15 is 0 Å². The highest BCUT2D eigenvalue weighted by Gasteiger charge is 2.14. The lowest BCUT2D eigenvalue weighted by atomic mass is 10.1. The van der Waals surface area contributed by atoms with Gasteiger partial charge in [0.2, 0.25) is 0 Å². The number of nitrogens with zero attached hydrogens (tertiary/aromatic N) is 1. The van der Waals surface area contributed by atoms with Gasteiger partial charge in [-0.2, -0.15) is 0 Å². The van der Waals surface area contributed by atoms with E-state index in [1.165, 1.54) is 17.7 Å². The molecule has 1 aromatic heterocycles. The molecule has 3 rings (SSSR count). The summed E-state index contributed by atoms with van der Waals surface area (Å²) in [6.07, 6.45) is 0.582. The van der Waals surface area contributed by atoms with E-state index in [-0.39, 0.29) is 5.56 Å². The fourth-order valence-electron chi connectivity index (χ4n) is 2.23. The lowest BCUT2D eigenvalue weighted by Gasteiger charge is -1.98. The molecule has 0 unspecified atom stereocenters. The summed E-state index contributed by atoms with van der Waals surface area (Å²) in [6.45, 7) is 2.02. The molecule has 21 heavy (non-hydrogen) atoms. The quantitative estimate of drug-likeness (QED) is 0.775. The Kier molecular flexibility index (Phi) is 3.17. The zero-order valence-corrected chi connectivity index (χ0v) is 11.4. The Labute approximate surface area is 120 Å². The number of aromatic carboxylic acids is 1. The maximum Gasteiger partial charge on any atom is 0.338 e. The summed E-state index contributed by atoms with van der Waals surface area (Å²) < 4.78 is 13.6. The molecule has 4 nitrogen and oxygen atoms in total. The Balaban J connectivity index is 1.97. The highest BCUT2D eigenvalue weighted by atomic mass is 19.1. The molecule has 0 aliphatic carbocycles. The zero-order chi connectivity index (χ0) is 15.0. The van der Waals surface area contributed by atoms with E-state index in [0.29, 0.717) is 23.3 Å². The fourth-order valence-corrected chi connectivity index (χ4v) is 2.23. The third kappa shape index (κ3) is 2.63. The Morgan fingerprint density at radius 1 is 1.29 bits per heavy atom. The van der Waals surface area contributed by atoms with Crippen LogP contribution in [0.2, 0.25) is 0 Å². The van der Waals surface area contributed by atoms with Gasteiger partial charge in [0.1, 0.15) is 11.6 Å². The summed E-state index contributed by atoms with van der Waals surface area (Å²) >= 11 is 0. The average molecular weight is 284 g/mol. The van der Waals surface area contributed by atoms with Crippen molar-refractivity contribution in [3.8, 4) is 0 Å². The molecule has 0 aliphatic heterocycles. The lowest BCUT2D eigenvalue weighted by Crippen LogP contribution is -1.99. The van der Waals surface area contributed by atoms with Crippen LogP contribution in [0.25, 0.3) is 11.0 Å². The Hall–Kier alpha value is -2.69. The van der Waals surface area contributed by atoms with Crippen LogP contribution in [0.5, 0.6) is 0 Å². The minimum atomic E-state index is -1.29. The molecular weight excluding hydrogens is 271 g/mol. The largest absolute Gasteiger partial charge is 0.478 e. The van der Waals surface area contributed by atoms with Crippen molar-refractivity contribution >= 4 is 17.0 Å². The average Bonchev–Trinajstić information content (AvgIpc) is 2.81. The topological polar surface area (TPSA) is 66.0 Å². The van der Waals surface area contributed by atoms with Crippen LogP contribution in [0.15, 0.2) is 36.4 Å². The van der Waals surface area contributed by atoms with Crippen molar-refractivity contribution in [2.24, 2.45) is 0 Å². The second kappa shape index (κ2) is 5.01. The maximum absolute atomic E-state index is 13.6. The number of carboxylic acid groups (broad SMARTS) is 1. The standard InChI is InChI=1S/C16H13FN2O2/c1-9-2-4-10(5-3-9)6-15-18-13-7-11(16(20)21)12(17)8-14(13)19-15/h2-5,7-8H,6H2,1H3,(H,18,19)(H,20,21). The van der Waals surface area contributed by atoms with Gasteiger partial charge in [-0.25, -0.2) is 14.2 Å². The predicted octanol–water partition coefficient (Wildman–Crippen LogP) is 3.30. The second-order valence-corrected chi connectivity index (χ2v) is 5.00. The minimum absolute atomic E-state index is 0.365. The van der Waals surface area contributed by atoms with Gasteiger partial charge in [-0.1, -0.05) is 29.8 Å². The maximum atomic E-state index is 13.6. The molecule has 2 N–H and O–H groups in total. The molecule has 0 bridgehead atoms. The number of hydrogen-bond acceptors (Lipinski definition) is 2. The van der Waals surface area contributed by atoms with Gasteiger partial charge in [0.25, 0.3) is 0 Å². The molecule has 0 saturated heterocycles. The second-order valence-electron chi connectivity index (χ2n) is 5.00. The lowest BCUT2D eigenvalue weighted by molar-refractivity contribution is 0.0692. The summed E-state index contributed by atoms with van der Waals surface area (Å²) in [4.78, 5) is 18.3. The van der Waals surface area contributed by atoms with Gasteiger partial charge in [0.05, 0.1) is 16.6 Å². The molecule has 2 aromatic carbocycles. The van der Waals surface area contributed by atoms with Crippen molar-refractivity contribution in [3.05, 3.63) is 64.7 Å². The number of halogens is 1. The van der Waals surface area contributed by atoms with Crippen LogP contribution >= 0.6 is 0 Å². The Morgan fingerprint density at radius 2 is 2.00 bits per heavy atom. The summed E-state index contributed by atoms with van der Waals surface area (Å²) in [5.41, 5.74) is 2.85. The number of aromatic nitrogens is 2. The van der Waals surface area contributed by atoms with Crippen molar-refractivity contribution in [2.45, 2.75) is 13.3 Å². The molecule has 5 heteroatoms. The summed E-state index contributed by atoms with van der Waals surface area (Å²) in [7, 11) is 0. The third-order valence-electron chi connectivity index (χ3n) is 3.34. The zero-order valence-electron chi connectivity index (χ0n) is 11.4. The molecular formula is C16H13FN2O2. The number of hydrogen-bond donors (Lipinski definition) is 2. The number of carboxylic acids is 1. The van der Waals surface area contributed by atoms with Gasteiger partial charge in [-0.05, 0) is 18.6 Å². The van der Waals surface area contributed by atoms with Crippen LogP contribution in [0.4, 0.5) is 4.39 Å². The molecule has 0 radical (unpaired) electrons. The first-order valence-corrected chi connectivity index (χ1v) is 6.50. The number of carbonyl (C=O) groups is 1. The summed E-state index contributed by atoms with van der Waals surface area (Å²) in [6, 6.07) is 10.5. The number of imidazole rings is 1. The normalized spacial score (nSPS) is 11.0. The van der Waals surface area contributed by atoms with E-state index in [9.17, 15) is 9.18 Å². The van der Waals surface area contributed by atoms with E-state index in [4.69, 9.17) is 5.11 Å². The number of H-pyrrole nitrogens is 1. The summed E-state index contributed by atoms with van der Waals surface area (Å²) in [5, 5.41) is 8.92. The van der Waals surface area contributed by atoms with E-state index in [0.717, 1.165) is 5.56 Å². The first kappa shape index (κ1) is 13.3. The van der Waals surface area contributed by atoms with Crippen LogP contribution < -0.4 is 0 Å². The van der Waals surface area contributed by atoms with Crippen molar-refractivity contribution in [3.63, 3.8) is 0 Å². The number of fused-ring (bicyclic) bond motifs is 1. The molecule has 0 amide bonds. The Morgan fingerprint density at radius 3 is 2.67 bits per heavy atom. The highest BCUT2D eigenvalue weighted by molar-refractivity contribution is 5.92. The number of nitrogens with one attached hydrogen (secondary N) is 1. The monoisotopic (exact) mass is 284 g/mol. The van der Waals surface area contributed by atoms with Gasteiger partial charge >= 0.3 is 5.97 Å². The van der Waals surface area contributed by atoms with Crippen LogP contribution in [-0.4, -0.2) is 21.0 Å². The number of benzene rings is 2. The molecule has 0 spiro atoms. The first-order valence-electron chi connectivity index (χ1n) is 6.50. The van der Waals surface area contributed by atoms with Gasteiger partial charge in [0.15, 0.2) is 0 Å². The van der Waals surface area contributed by atoms with E-state index < -0.39 is 11.8 Å². The molecule has 1 heterocycles. The van der Waals surface area contributed by atoms with Gasteiger partial charge < -0.3 is 10.1 Å². The SMILES string of the molecule is Cc1ccc(Cc2nc3cc(C(=O)O)c(F)cc3[nH]2)cc1. The van der Waals surface area contributed by atoms with Gasteiger partial charge in [-0.3, -0.25) is 0 Å². The highest BCUT2D eigenvalue weighted by Crippen LogP contribution is 2.19. The first-order chi connectivity index (χ1) is 10.0. The number of aromatic amines is 1. The smallest absolute Gasteiger partial charge is 0.338 e.